The Morgan fingerprint density at radius 1 is 1.45 bits per heavy atom. The van der Waals surface area contributed by atoms with Gasteiger partial charge in [-0.3, -0.25) is 0 Å². The SMILES string of the molecule is OC(CNCC1CCCO1)COc1ccc(Cl)cc1Cl. The fraction of sp³-hybridized carbons (Fsp3) is 0.571. The van der Waals surface area contributed by atoms with Gasteiger partial charge in [0.05, 0.1) is 11.1 Å². The van der Waals surface area contributed by atoms with E-state index in [0.29, 0.717) is 22.3 Å². The van der Waals surface area contributed by atoms with E-state index in [1.807, 2.05) is 0 Å². The van der Waals surface area contributed by atoms with Gasteiger partial charge in [0.25, 0.3) is 0 Å². The maximum Gasteiger partial charge on any atom is 0.138 e. The standard InChI is InChI=1S/C14H19Cl2NO3/c15-10-3-4-14(13(16)6-10)20-9-11(18)7-17-8-12-2-1-5-19-12/h3-4,6,11-12,17-18H,1-2,5,7-9H2. The number of halogens is 2. The van der Waals surface area contributed by atoms with E-state index in [4.69, 9.17) is 32.7 Å². The number of rotatable bonds is 7. The minimum absolute atomic E-state index is 0.180. The van der Waals surface area contributed by atoms with Crippen molar-refractivity contribution in [1.29, 1.82) is 0 Å². The molecule has 0 bridgehead atoms. The van der Waals surface area contributed by atoms with Crippen LogP contribution in [0, 0.1) is 0 Å². The zero-order chi connectivity index (χ0) is 14.4. The highest BCUT2D eigenvalue weighted by molar-refractivity contribution is 6.35. The van der Waals surface area contributed by atoms with Gasteiger partial charge in [-0.05, 0) is 31.0 Å². The molecule has 2 N–H and O–H groups in total. The molecule has 0 radical (unpaired) electrons. The Bertz CT molecular complexity index is 425. The van der Waals surface area contributed by atoms with Crippen molar-refractivity contribution in [1.82, 2.24) is 5.32 Å². The van der Waals surface area contributed by atoms with E-state index in [9.17, 15) is 5.11 Å². The van der Waals surface area contributed by atoms with E-state index in [2.05, 4.69) is 5.32 Å². The molecule has 1 aromatic rings. The molecule has 0 spiro atoms. The summed E-state index contributed by atoms with van der Waals surface area (Å²) in [5.41, 5.74) is 0. The lowest BCUT2D eigenvalue weighted by molar-refractivity contribution is 0.0882. The summed E-state index contributed by atoms with van der Waals surface area (Å²) in [5.74, 6) is 0.522. The van der Waals surface area contributed by atoms with Crippen LogP contribution in [0.4, 0.5) is 0 Å². The van der Waals surface area contributed by atoms with Crippen molar-refractivity contribution in [2.24, 2.45) is 0 Å². The lowest BCUT2D eigenvalue weighted by Gasteiger charge is -2.15. The average molecular weight is 320 g/mol. The number of aliphatic hydroxyl groups is 1. The van der Waals surface area contributed by atoms with Crippen molar-refractivity contribution in [3.8, 4) is 5.75 Å². The zero-order valence-electron chi connectivity index (χ0n) is 11.1. The summed E-state index contributed by atoms with van der Waals surface area (Å²) < 4.78 is 10.9. The highest BCUT2D eigenvalue weighted by Gasteiger charge is 2.15. The van der Waals surface area contributed by atoms with Crippen LogP contribution in [0.3, 0.4) is 0 Å². The van der Waals surface area contributed by atoms with Crippen molar-refractivity contribution >= 4 is 23.2 Å². The van der Waals surface area contributed by atoms with Gasteiger partial charge < -0.3 is 19.9 Å². The van der Waals surface area contributed by atoms with Gasteiger partial charge in [-0.1, -0.05) is 23.2 Å². The molecule has 1 fully saturated rings. The molecule has 1 heterocycles. The van der Waals surface area contributed by atoms with Gasteiger partial charge in [0, 0.05) is 24.7 Å². The second kappa shape index (κ2) is 8.05. The number of hydrogen-bond donors (Lipinski definition) is 2. The summed E-state index contributed by atoms with van der Waals surface area (Å²) >= 11 is 11.8. The molecule has 6 heteroatoms. The number of ether oxygens (including phenoxy) is 2. The van der Waals surface area contributed by atoms with E-state index in [0.717, 1.165) is 26.0 Å². The normalized spacial score (nSPS) is 20.1. The number of nitrogens with one attached hydrogen (secondary N) is 1. The highest BCUT2D eigenvalue weighted by atomic mass is 35.5. The van der Waals surface area contributed by atoms with E-state index in [-0.39, 0.29) is 12.7 Å². The highest BCUT2D eigenvalue weighted by Crippen LogP contribution is 2.27. The molecule has 112 valence electrons. The van der Waals surface area contributed by atoms with Crippen molar-refractivity contribution in [3.63, 3.8) is 0 Å². The predicted octanol–water partition coefficient (Wildman–Crippen LogP) is 2.50. The lowest BCUT2D eigenvalue weighted by atomic mass is 10.2. The Morgan fingerprint density at radius 3 is 3.00 bits per heavy atom. The first-order chi connectivity index (χ1) is 9.65. The molecule has 2 atom stereocenters. The smallest absolute Gasteiger partial charge is 0.138 e. The van der Waals surface area contributed by atoms with Gasteiger partial charge >= 0.3 is 0 Å². The summed E-state index contributed by atoms with van der Waals surface area (Å²) in [5, 5.41) is 14.0. The molecular formula is C14H19Cl2NO3. The number of aliphatic hydroxyl groups excluding tert-OH is 1. The topological polar surface area (TPSA) is 50.7 Å². The maximum absolute atomic E-state index is 9.83. The Labute approximate surface area is 129 Å². The molecule has 1 aliphatic heterocycles. The molecule has 1 saturated heterocycles. The van der Waals surface area contributed by atoms with Gasteiger partial charge in [-0.2, -0.15) is 0 Å². The van der Waals surface area contributed by atoms with Crippen LogP contribution < -0.4 is 10.1 Å². The van der Waals surface area contributed by atoms with Crippen LogP contribution in [-0.4, -0.2) is 43.6 Å². The monoisotopic (exact) mass is 319 g/mol. The maximum atomic E-state index is 9.83. The summed E-state index contributed by atoms with van der Waals surface area (Å²) in [6.45, 7) is 2.25. The lowest BCUT2D eigenvalue weighted by Crippen LogP contribution is -2.35. The first-order valence-electron chi connectivity index (χ1n) is 6.73. The van der Waals surface area contributed by atoms with Crippen molar-refractivity contribution in [2.45, 2.75) is 25.0 Å². The quantitative estimate of drug-likeness (QED) is 0.810. The van der Waals surface area contributed by atoms with Gasteiger partial charge in [0.2, 0.25) is 0 Å². The molecule has 20 heavy (non-hydrogen) atoms. The molecule has 0 saturated carbocycles. The third-order valence-corrected chi connectivity index (χ3v) is 3.63. The molecule has 1 aromatic carbocycles. The van der Waals surface area contributed by atoms with Gasteiger partial charge in [0.1, 0.15) is 18.5 Å². The van der Waals surface area contributed by atoms with Crippen LogP contribution in [0.25, 0.3) is 0 Å². The van der Waals surface area contributed by atoms with Crippen molar-refractivity contribution in [3.05, 3.63) is 28.2 Å². The van der Waals surface area contributed by atoms with Crippen LogP contribution in [0.1, 0.15) is 12.8 Å². The van der Waals surface area contributed by atoms with Crippen molar-refractivity contribution in [2.75, 3.05) is 26.3 Å². The predicted molar refractivity (Wildman–Crippen MR) is 79.8 cm³/mol. The summed E-state index contributed by atoms with van der Waals surface area (Å²) in [4.78, 5) is 0. The third-order valence-electron chi connectivity index (χ3n) is 3.10. The fourth-order valence-electron chi connectivity index (χ4n) is 2.05. The Morgan fingerprint density at radius 2 is 2.30 bits per heavy atom. The molecule has 0 aromatic heterocycles. The van der Waals surface area contributed by atoms with Crippen LogP contribution in [0.15, 0.2) is 18.2 Å². The number of hydrogen-bond acceptors (Lipinski definition) is 4. The minimum Gasteiger partial charge on any atom is -0.489 e. The minimum atomic E-state index is -0.594. The van der Waals surface area contributed by atoms with Crippen LogP contribution >= 0.6 is 23.2 Å². The second-order valence-electron chi connectivity index (χ2n) is 4.83. The fourth-order valence-corrected chi connectivity index (χ4v) is 2.52. The van der Waals surface area contributed by atoms with Crippen LogP contribution in [0.5, 0.6) is 5.75 Å². The summed E-state index contributed by atoms with van der Waals surface area (Å²) in [6.07, 6.45) is 1.88. The zero-order valence-corrected chi connectivity index (χ0v) is 12.7. The van der Waals surface area contributed by atoms with E-state index in [1.54, 1.807) is 18.2 Å². The van der Waals surface area contributed by atoms with Crippen LogP contribution in [0.2, 0.25) is 10.0 Å². The molecule has 2 rings (SSSR count). The largest absolute Gasteiger partial charge is 0.489 e. The average Bonchev–Trinajstić information content (AvgIpc) is 2.91. The van der Waals surface area contributed by atoms with E-state index < -0.39 is 6.10 Å². The van der Waals surface area contributed by atoms with E-state index >= 15 is 0 Å². The molecule has 0 aliphatic carbocycles. The van der Waals surface area contributed by atoms with Gasteiger partial charge in [-0.15, -0.1) is 0 Å². The third kappa shape index (κ3) is 5.11. The Balaban J connectivity index is 1.65. The first-order valence-corrected chi connectivity index (χ1v) is 7.49. The molecule has 0 amide bonds. The van der Waals surface area contributed by atoms with Crippen LogP contribution in [-0.2, 0) is 4.74 Å². The number of benzene rings is 1. The van der Waals surface area contributed by atoms with Gasteiger partial charge in [-0.25, -0.2) is 0 Å². The molecule has 1 aliphatic rings. The summed E-state index contributed by atoms with van der Waals surface area (Å²) in [7, 11) is 0. The second-order valence-corrected chi connectivity index (χ2v) is 5.68. The van der Waals surface area contributed by atoms with E-state index in [1.165, 1.54) is 0 Å². The Hall–Kier alpha value is -0.520. The Kier molecular flexibility index (Phi) is 6.39. The van der Waals surface area contributed by atoms with Gasteiger partial charge in [0.15, 0.2) is 0 Å². The molecule has 4 nitrogen and oxygen atoms in total. The summed E-state index contributed by atoms with van der Waals surface area (Å²) in [6, 6.07) is 5.00. The van der Waals surface area contributed by atoms with Crippen molar-refractivity contribution < 1.29 is 14.6 Å². The molecule has 2 unspecified atom stereocenters. The first kappa shape index (κ1) is 15.9. The molecular weight excluding hydrogens is 301 g/mol.